The fourth-order valence-electron chi connectivity index (χ4n) is 4.16. The third-order valence-corrected chi connectivity index (χ3v) is 7.40. The van der Waals surface area contributed by atoms with Crippen LogP contribution in [0.1, 0.15) is 53.1 Å². The van der Waals surface area contributed by atoms with Crippen LogP contribution in [-0.4, -0.2) is 37.4 Å². The molecule has 1 aromatic heterocycles. The van der Waals surface area contributed by atoms with Gasteiger partial charge in [-0.05, 0) is 73.4 Å². The smallest absolute Gasteiger partial charge is 0.387 e. The number of nitrogens with two attached hydrogens (primary N) is 1. The predicted octanol–water partition coefficient (Wildman–Crippen LogP) is 7.14. The number of carbonyl (C=O) groups excluding carboxylic acids is 1. The van der Waals surface area contributed by atoms with Crippen molar-refractivity contribution in [3.8, 4) is 17.2 Å². The first-order valence-corrected chi connectivity index (χ1v) is 13.7. The van der Waals surface area contributed by atoms with E-state index in [2.05, 4.69) is 9.72 Å². The highest BCUT2D eigenvalue weighted by Gasteiger charge is 2.27. The number of aromatic nitrogens is 1. The molecular weight excluding hydrogens is 565 g/mol. The molecule has 7 nitrogen and oxygen atoms in total. The van der Waals surface area contributed by atoms with Crippen molar-refractivity contribution in [2.45, 2.75) is 38.2 Å². The molecule has 0 radical (unpaired) electrons. The maximum Gasteiger partial charge on any atom is 0.387 e. The van der Waals surface area contributed by atoms with Crippen molar-refractivity contribution in [1.82, 2.24) is 4.98 Å². The number of hydrogen-bond donors (Lipinski definition) is 1. The zero-order chi connectivity index (χ0) is 28.2. The summed E-state index contributed by atoms with van der Waals surface area (Å²) in [5.41, 5.74) is 7.75. The van der Waals surface area contributed by atoms with E-state index in [1.807, 2.05) is 0 Å². The Kier molecular flexibility index (Phi) is 8.81. The number of esters is 1. The SMILES string of the molecule is Nc1ccc(C(=O)OC[C@@H](c2ccc(OC(F)F)c(OCC3CC3)c2)c2c(Cl)cncc2Cl)cc1OCC1CC1. The summed E-state index contributed by atoms with van der Waals surface area (Å²) in [4.78, 5) is 17.1. The van der Waals surface area contributed by atoms with Crippen molar-refractivity contribution in [1.29, 1.82) is 0 Å². The average molecular weight is 593 g/mol. The van der Waals surface area contributed by atoms with Crippen LogP contribution in [0.2, 0.25) is 10.0 Å². The third kappa shape index (κ3) is 7.26. The van der Waals surface area contributed by atoms with Crippen molar-refractivity contribution < 1.29 is 32.5 Å². The highest BCUT2D eigenvalue weighted by atomic mass is 35.5. The number of pyridine rings is 1. The summed E-state index contributed by atoms with van der Waals surface area (Å²) >= 11 is 13.0. The topological polar surface area (TPSA) is 92.9 Å². The highest BCUT2D eigenvalue weighted by Crippen LogP contribution is 2.40. The summed E-state index contributed by atoms with van der Waals surface area (Å²) in [5, 5.41) is 0.510. The standard InChI is InChI=1S/C29H28Cl2F2N2O5/c30-21-11-35-12-22(31)27(21)20(18-6-8-24(40-29(32)33)26(9-18)38-14-17-3-4-17)15-39-28(36)19-5-7-23(34)25(10-19)37-13-16-1-2-16/h5-12,16-17,20,29H,1-4,13-15,34H2/t20-/m0/s1. The first kappa shape index (κ1) is 28.2. The Morgan fingerprint density at radius 3 is 2.20 bits per heavy atom. The number of ether oxygens (including phenoxy) is 4. The average Bonchev–Trinajstić information content (AvgIpc) is 3.84. The zero-order valence-corrected chi connectivity index (χ0v) is 23.0. The number of nitrogen functional groups attached to an aromatic ring is 1. The second-order valence-corrected chi connectivity index (χ2v) is 10.8. The third-order valence-electron chi connectivity index (χ3n) is 6.80. The first-order chi connectivity index (χ1) is 19.3. The van der Waals surface area contributed by atoms with E-state index in [-0.39, 0.29) is 33.7 Å². The van der Waals surface area contributed by atoms with Gasteiger partial charge in [0.1, 0.15) is 12.4 Å². The largest absolute Gasteiger partial charge is 0.491 e. The molecule has 0 saturated heterocycles. The highest BCUT2D eigenvalue weighted by molar-refractivity contribution is 6.35. The quantitative estimate of drug-likeness (QED) is 0.166. The van der Waals surface area contributed by atoms with Crippen LogP contribution in [0.5, 0.6) is 17.2 Å². The molecule has 0 bridgehead atoms. The predicted molar refractivity (Wildman–Crippen MR) is 147 cm³/mol. The fraction of sp³-hybridized carbons (Fsp3) is 0.379. The Morgan fingerprint density at radius 2 is 1.57 bits per heavy atom. The Hall–Kier alpha value is -3.30. The molecule has 11 heteroatoms. The lowest BCUT2D eigenvalue weighted by atomic mass is 9.92. The molecule has 5 rings (SSSR count). The van der Waals surface area contributed by atoms with Gasteiger partial charge in [0, 0.05) is 23.9 Å². The first-order valence-electron chi connectivity index (χ1n) is 13.0. The van der Waals surface area contributed by atoms with E-state index in [1.54, 1.807) is 30.3 Å². The lowest BCUT2D eigenvalue weighted by Crippen LogP contribution is -2.16. The number of hydrogen-bond acceptors (Lipinski definition) is 7. The summed E-state index contributed by atoms with van der Waals surface area (Å²) in [7, 11) is 0. The van der Waals surface area contributed by atoms with Crippen molar-refractivity contribution in [3.05, 3.63) is 75.5 Å². The molecule has 2 aliphatic rings. The number of anilines is 1. The van der Waals surface area contributed by atoms with Crippen molar-refractivity contribution in [2.24, 2.45) is 11.8 Å². The van der Waals surface area contributed by atoms with Gasteiger partial charge in [0.2, 0.25) is 0 Å². The van der Waals surface area contributed by atoms with E-state index >= 15 is 0 Å². The Balaban J connectivity index is 1.41. The molecule has 2 saturated carbocycles. The monoisotopic (exact) mass is 592 g/mol. The maximum atomic E-state index is 13.1. The van der Waals surface area contributed by atoms with E-state index in [0.29, 0.717) is 47.6 Å². The number of halogens is 4. The van der Waals surface area contributed by atoms with Gasteiger partial charge in [0.25, 0.3) is 0 Å². The normalized spacial score (nSPS) is 15.5. The minimum Gasteiger partial charge on any atom is -0.491 e. The van der Waals surface area contributed by atoms with Gasteiger partial charge in [-0.2, -0.15) is 8.78 Å². The summed E-state index contributed by atoms with van der Waals surface area (Å²) in [6.07, 6.45) is 7.13. The van der Waals surface area contributed by atoms with Gasteiger partial charge in [-0.3, -0.25) is 4.98 Å². The summed E-state index contributed by atoms with van der Waals surface area (Å²) in [6.45, 7) is -2.27. The molecule has 2 N–H and O–H groups in total. The Morgan fingerprint density at radius 1 is 0.925 bits per heavy atom. The van der Waals surface area contributed by atoms with Crippen LogP contribution in [-0.2, 0) is 4.74 Å². The summed E-state index contributed by atoms with van der Waals surface area (Å²) in [5.74, 6) is 0.0926. The number of alkyl halides is 2. The van der Waals surface area contributed by atoms with Crippen LogP contribution in [0.25, 0.3) is 0 Å². The van der Waals surface area contributed by atoms with Gasteiger partial charge in [-0.25, -0.2) is 4.79 Å². The second-order valence-electron chi connectivity index (χ2n) is 10.0. The minimum atomic E-state index is -3.02. The molecule has 1 heterocycles. The second kappa shape index (κ2) is 12.5. The van der Waals surface area contributed by atoms with Gasteiger partial charge < -0.3 is 24.7 Å². The molecule has 2 aliphatic carbocycles. The maximum absolute atomic E-state index is 13.1. The van der Waals surface area contributed by atoms with E-state index in [9.17, 15) is 13.6 Å². The van der Waals surface area contributed by atoms with Gasteiger partial charge in [0.15, 0.2) is 11.5 Å². The van der Waals surface area contributed by atoms with Crippen LogP contribution >= 0.6 is 23.2 Å². The molecule has 2 fully saturated rings. The van der Waals surface area contributed by atoms with Crippen LogP contribution < -0.4 is 19.9 Å². The molecule has 1 atom stereocenters. The van der Waals surface area contributed by atoms with E-state index in [4.69, 9.17) is 43.1 Å². The molecule has 3 aromatic rings. The number of rotatable bonds is 13. The van der Waals surface area contributed by atoms with E-state index in [0.717, 1.165) is 25.7 Å². The number of carbonyl (C=O) groups is 1. The summed E-state index contributed by atoms with van der Waals surface area (Å²) < 4.78 is 48.2. The van der Waals surface area contributed by atoms with Gasteiger partial charge >= 0.3 is 12.6 Å². The van der Waals surface area contributed by atoms with Gasteiger partial charge in [-0.15, -0.1) is 0 Å². The van der Waals surface area contributed by atoms with Crippen molar-refractivity contribution >= 4 is 34.9 Å². The van der Waals surface area contributed by atoms with Crippen LogP contribution in [0.15, 0.2) is 48.8 Å². The van der Waals surface area contributed by atoms with Crippen LogP contribution in [0, 0.1) is 11.8 Å². The van der Waals surface area contributed by atoms with Crippen LogP contribution in [0.3, 0.4) is 0 Å². The minimum absolute atomic E-state index is 0.0948. The van der Waals surface area contributed by atoms with Crippen molar-refractivity contribution in [2.75, 3.05) is 25.6 Å². The van der Waals surface area contributed by atoms with E-state index < -0.39 is 18.5 Å². The lowest BCUT2D eigenvalue weighted by Gasteiger charge is -2.22. The Bertz CT molecular complexity index is 1350. The molecule has 212 valence electrons. The number of nitrogens with zero attached hydrogens (tertiary/aromatic N) is 1. The molecule has 0 unspecified atom stereocenters. The fourth-order valence-corrected chi connectivity index (χ4v) is 4.79. The van der Waals surface area contributed by atoms with Crippen molar-refractivity contribution in [3.63, 3.8) is 0 Å². The lowest BCUT2D eigenvalue weighted by molar-refractivity contribution is -0.0515. The zero-order valence-electron chi connectivity index (χ0n) is 21.5. The van der Waals surface area contributed by atoms with E-state index in [1.165, 1.54) is 18.5 Å². The summed E-state index contributed by atoms with van der Waals surface area (Å²) in [6, 6.07) is 9.27. The molecule has 2 aromatic carbocycles. The number of benzene rings is 2. The molecular formula is C29H28Cl2F2N2O5. The Labute approximate surface area is 240 Å². The van der Waals surface area contributed by atoms with Gasteiger partial charge in [0.05, 0.1) is 34.5 Å². The molecule has 40 heavy (non-hydrogen) atoms. The molecule has 0 spiro atoms. The van der Waals surface area contributed by atoms with Gasteiger partial charge in [-0.1, -0.05) is 29.3 Å². The molecule has 0 amide bonds. The van der Waals surface area contributed by atoms with Crippen LogP contribution in [0.4, 0.5) is 14.5 Å². The molecule has 0 aliphatic heterocycles.